The third kappa shape index (κ3) is 2.61. The first kappa shape index (κ1) is 12.0. The molecule has 0 unspecified atom stereocenters. The minimum Gasteiger partial charge on any atom is -0.397 e. The van der Waals surface area contributed by atoms with Gasteiger partial charge in [0.25, 0.3) is 0 Å². The van der Waals surface area contributed by atoms with Gasteiger partial charge in [0, 0.05) is 0 Å². The van der Waals surface area contributed by atoms with Crippen LogP contribution in [0.4, 0.5) is 23.0 Å². The molecular weight excluding hydrogens is 228 g/mol. The van der Waals surface area contributed by atoms with Gasteiger partial charge in [0.15, 0.2) is 0 Å². The Morgan fingerprint density at radius 3 is 2.22 bits per heavy atom. The second kappa shape index (κ2) is 4.80. The molecule has 0 atom stereocenters. The molecule has 2 rings (SSSR count). The van der Waals surface area contributed by atoms with Crippen LogP contribution in [0.1, 0.15) is 5.56 Å². The molecule has 2 aromatic rings. The van der Waals surface area contributed by atoms with E-state index >= 15 is 0 Å². The highest BCUT2D eigenvalue weighted by Gasteiger charge is 2.07. The molecule has 94 valence electrons. The molecule has 0 saturated heterocycles. The SMILES string of the molecule is Nc1cc(CN(N)c2ccccc2N)cc(N)n1. The van der Waals surface area contributed by atoms with Crippen molar-refractivity contribution in [3.63, 3.8) is 0 Å². The molecule has 0 radical (unpaired) electrons. The van der Waals surface area contributed by atoms with Crippen molar-refractivity contribution in [2.24, 2.45) is 5.84 Å². The summed E-state index contributed by atoms with van der Waals surface area (Å²) in [5.74, 6) is 6.73. The van der Waals surface area contributed by atoms with Crippen molar-refractivity contribution in [2.75, 3.05) is 22.2 Å². The number of para-hydroxylation sites is 2. The van der Waals surface area contributed by atoms with Crippen LogP contribution in [0, 0.1) is 0 Å². The molecule has 0 spiro atoms. The Kier molecular flexibility index (Phi) is 3.20. The van der Waals surface area contributed by atoms with Gasteiger partial charge >= 0.3 is 0 Å². The van der Waals surface area contributed by atoms with E-state index < -0.39 is 0 Å². The summed E-state index contributed by atoms with van der Waals surface area (Å²) in [4.78, 5) is 3.90. The van der Waals surface area contributed by atoms with Crippen LogP contribution < -0.4 is 28.1 Å². The van der Waals surface area contributed by atoms with E-state index in [2.05, 4.69) is 4.98 Å². The number of pyridine rings is 1. The predicted molar refractivity (Wildman–Crippen MR) is 74.3 cm³/mol. The highest BCUT2D eigenvalue weighted by molar-refractivity contribution is 5.66. The van der Waals surface area contributed by atoms with E-state index in [1.165, 1.54) is 0 Å². The number of nitrogen functional groups attached to an aromatic ring is 3. The minimum absolute atomic E-state index is 0.374. The van der Waals surface area contributed by atoms with Crippen LogP contribution in [0.3, 0.4) is 0 Å². The van der Waals surface area contributed by atoms with Crippen LogP contribution >= 0.6 is 0 Å². The number of rotatable bonds is 3. The van der Waals surface area contributed by atoms with Gasteiger partial charge in [0.05, 0.1) is 17.9 Å². The Hall–Kier alpha value is -2.47. The van der Waals surface area contributed by atoms with Crippen molar-refractivity contribution in [3.8, 4) is 0 Å². The van der Waals surface area contributed by atoms with Crippen LogP contribution in [0.15, 0.2) is 36.4 Å². The van der Waals surface area contributed by atoms with E-state index in [9.17, 15) is 0 Å². The van der Waals surface area contributed by atoms with Crippen molar-refractivity contribution in [1.82, 2.24) is 4.98 Å². The average Bonchev–Trinajstić information content (AvgIpc) is 2.27. The Labute approximate surface area is 105 Å². The summed E-state index contributed by atoms with van der Waals surface area (Å²) in [5.41, 5.74) is 19.4. The van der Waals surface area contributed by atoms with Crippen molar-refractivity contribution < 1.29 is 0 Å². The van der Waals surface area contributed by atoms with Gasteiger partial charge in [-0.25, -0.2) is 10.8 Å². The van der Waals surface area contributed by atoms with Crippen LogP contribution in [-0.2, 0) is 6.54 Å². The molecule has 6 nitrogen and oxygen atoms in total. The second-order valence-corrected chi connectivity index (χ2v) is 4.01. The van der Waals surface area contributed by atoms with Gasteiger partial charge in [-0.3, -0.25) is 0 Å². The first-order valence-electron chi connectivity index (χ1n) is 5.45. The molecule has 0 fully saturated rings. The van der Waals surface area contributed by atoms with Gasteiger partial charge in [-0.15, -0.1) is 0 Å². The first-order chi connectivity index (χ1) is 8.56. The van der Waals surface area contributed by atoms with Gasteiger partial charge in [0.2, 0.25) is 0 Å². The smallest absolute Gasteiger partial charge is 0.126 e. The van der Waals surface area contributed by atoms with Crippen LogP contribution in [0.2, 0.25) is 0 Å². The summed E-state index contributed by atoms with van der Waals surface area (Å²) in [6.45, 7) is 0.450. The van der Waals surface area contributed by atoms with E-state index in [4.69, 9.17) is 23.0 Å². The molecular formula is C12H16N6. The van der Waals surface area contributed by atoms with Crippen molar-refractivity contribution in [2.45, 2.75) is 6.54 Å². The zero-order valence-corrected chi connectivity index (χ0v) is 9.88. The number of benzene rings is 1. The number of aromatic nitrogens is 1. The Bertz CT molecular complexity index is 534. The molecule has 0 aliphatic carbocycles. The van der Waals surface area contributed by atoms with Crippen LogP contribution in [0.25, 0.3) is 0 Å². The fourth-order valence-electron chi connectivity index (χ4n) is 1.76. The Morgan fingerprint density at radius 2 is 1.61 bits per heavy atom. The van der Waals surface area contributed by atoms with Gasteiger partial charge in [-0.05, 0) is 29.8 Å². The zero-order valence-electron chi connectivity index (χ0n) is 9.88. The molecule has 6 heteroatoms. The van der Waals surface area contributed by atoms with Gasteiger partial charge in [0.1, 0.15) is 11.6 Å². The number of nitrogens with two attached hydrogens (primary N) is 4. The lowest BCUT2D eigenvalue weighted by atomic mass is 10.2. The molecule has 0 aliphatic heterocycles. The molecule has 1 aromatic heterocycles. The summed E-state index contributed by atoms with van der Waals surface area (Å²) in [7, 11) is 0. The van der Waals surface area contributed by atoms with Crippen molar-refractivity contribution >= 4 is 23.0 Å². The Morgan fingerprint density at radius 1 is 1.00 bits per heavy atom. The summed E-state index contributed by atoms with van der Waals surface area (Å²) in [6, 6.07) is 10.8. The quantitative estimate of drug-likeness (QED) is 0.358. The molecule has 1 heterocycles. The lowest BCUT2D eigenvalue weighted by Gasteiger charge is -2.20. The summed E-state index contributed by atoms with van der Waals surface area (Å²) < 4.78 is 0. The van der Waals surface area contributed by atoms with Crippen LogP contribution in [0.5, 0.6) is 0 Å². The molecule has 8 N–H and O–H groups in total. The molecule has 0 amide bonds. The third-order valence-electron chi connectivity index (χ3n) is 2.52. The molecule has 18 heavy (non-hydrogen) atoms. The number of hydrogen-bond donors (Lipinski definition) is 4. The maximum Gasteiger partial charge on any atom is 0.126 e. The topological polar surface area (TPSA) is 120 Å². The van der Waals surface area contributed by atoms with Gasteiger partial charge in [-0.2, -0.15) is 0 Å². The highest BCUT2D eigenvalue weighted by atomic mass is 15.4. The standard InChI is InChI=1S/C12H16N6/c13-9-3-1-2-4-10(9)18(16)7-8-5-11(14)17-12(15)6-8/h1-6H,7,13,16H2,(H4,14,15,17). The van der Waals surface area contributed by atoms with E-state index in [0.717, 1.165) is 11.3 Å². The normalized spacial score (nSPS) is 10.3. The largest absolute Gasteiger partial charge is 0.397 e. The summed E-state index contributed by atoms with van der Waals surface area (Å²) in [6.07, 6.45) is 0. The van der Waals surface area contributed by atoms with Gasteiger partial charge in [-0.1, -0.05) is 12.1 Å². The fourth-order valence-corrected chi connectivity index (χ4v) is 1.76. The lowest BCUT2D eigenvalue weighted by Crippen LogP contribution is -2.30. The zero-order chi connectivity index (χ0) is 13.1. The lowest BCUT2D eigenvalue weighted by molar-refractivity contribution is 0.854. The van der Waals surface area contributed by atoms with Gasteiger partial charge < -0.3 is 22.2 Å². The fraction of sp³-hybridized carbons (Fsp3) is 0.0833. The number of anilines is 4. The first-order valence-corrected chi connectivity index (χ1v) is 5.45. The second-order valence-electron chi connectivity index (χ2n) is 4.01. The molecule has 1 aromatic carbocycles. The van der Waals surface area contributed by atoms with E-state index in [0.29, 0.717) is 23.9 Å². The number of nitrogens with zero attached hydrogens (tertiary/aromatic N) is 2. The number of hydrazine groups is 1. The van der Waals surface area contributed by atoms with Crippen LogP contribution in [-0.4, -0.2) is 4.98 Å². The van der Waals surface area contributed by atoms with E-state index in [-0.39, 0.29) is 0 Å². The molecule has 0 saturated carbocycles. The Balaban J connectivity index is 2.21. The predicted octanol–water partition coefficient (Wildman–Crippen LogP) is 0.708. The monoisotopic (exact) mass is 244 g/mol. The number of hydrogen-bond acceptors (Lipinski definition) is 6. The summed E-state index contributed by atoms with van der Waals surface area (Å²) in [5, 5.41) is 1.55. The average molecular weight is 244 g/mol. The third-order valence-corrected chi connectivity index (χ3v) is 2.52. The van der Waals surface area contributed by atoms with E-state index in [1.807, 2.05) is 18.2 Å². The molecule has 0 aliphatic rings. The minimum atomic E-state index is 0.374. The van der Waals surface area contributed by atoms with E-state index in [1.54, 1.807) is 23.2 Å². The maximum atomic E-state index is 5.98. The maximum absolute atomic E-state index is 5.98. The highest BCUT2D eigenvalue weighted by Crippen LogP contribution is 2.22. The van der Waals surface area contributed by atoms with Crippen molar-refractivity contribution in [1.29, 1.82) is 0 Å². The molecule has 0 bridgehead atoms. The van der Waals surface area contributed by atoms with Crippen molar-refractivity contribution in [3.05, 3.63) is 42.0 Å². The summed E-state index contributed by atoms with van der Waals surface area (Å²) >= 11 is 0.